The van der Waals surface area contributed by atoms with Gasteiger partial charge in [-0.25, -0.2) is 9.78 Å². The third-order valence-electron chi connectivity index (χ3n) is 2.49. The fourth-order valence-corrected chi connectivity index (χ4v) is 1.87. The predicted octanol–water partition coefficient (Wildman–Crippen LogP) is 2.90. The molecule has 100 valence electrons. The van der Waals surface area contributed by atoms with Gasteiger partial charge in [-0.1, -0.05) is 27.7 Å². The number of aromatic nitrogens is 1. The number of pyridine rings is 1. The molecule has 0 aromatic carbocycles. The topological polar surface area (TPSA) is 53.4 Å². The molecule has 1 aromatic heterocycles. The summed E-state index contributed by atoms with van der Waals surface area (Å²) in [6.07, 6.45) is 1.56. The Morgan fingerprint density at radius 1 is 1.28 bits per heavy atom. The molecule has 4 heteroatoms. The molecule has 0 amide bonds. The van der Waals surface area contributed by atoms with Crippen molar-refractivity contribution in [2.45, 2.75) is 27.7 Å². The minimum atomic E-state index is -0.910. The molecule has 1 N–H and O–H groups in total. The number of carboxylic acid groups (broad SMARTS) is 1. The van der Waals surface area contributed by atoms with Gasteiger partial charge in [-0.05, 0) is 24.0 Å². The van der Waals surface area contributed by atoms with Gasteiger partial charge in [0.15, 0.2) is 0 Å². The minimum Gasteiger partial charge on any atom is -0.478 e. The van der Waals surface area contributed by atoms with Crippen molar-refractivity contribution < 1.29 is 9.90 Å². The van der Waals surface area contributed by atoms with E-state index >= 15 is 0 Å². The number of hydrogen-bond acceptors (Lipinski definition) is 3. The average Bonchev–Trinajstić information content (AvgIpc) is 2.27. The quantitative estimate of drug-likeness (QED) is 0.843. The van der Waals surface area contributed by atoms with E-state index in [-0.39, 0.29) is 5.56 Å². The van der Waals surface area contributed by atoms with Crippen LogP contribution in [0, 0.1) is 11.8 Å². The second-order valence-corrected chi connectivity index (χ2v) is 5.40. The van der Waals surface area contributed by atoms with E-state index in [0.29, 0.717) is 11.8 Å². The molecule has 0 fully saturated rings. The van der Waals surface area contributed by atoms with Crippen molar-refractivity contribution in [3.05, 3.63) is 23.9 Å². The van der Waals surface area contributed by atoms with Crippen molar-refractivity contribution in [1.82, 2.24) is 4.98 Å². The molecule has 0 spiro atoms. The van der Waals surface area contributed by atoms with Crippen molar-refractivity contribution in [3.8, 4) is 0 Å². The van der Waals surface area contributed by atoms with E-state index in [4.69, 9.17) is 5.11 Å². The summed E-state index contributed by atoms with van der Waals surface area (Å²) >= 11 is 0. The largest absolute Gasteiger partial charge is 0.478 e. The smallest absolute Gasteiger partial charge is 0.335 e. The molecule has 0 bridgehead atoms. The highest BCUT2D eigenvalue weighted by atomic mass is 16.4. The molecule has 0 radical (unpaired) electrons. The highest BCUT2D eigenvalue weighted by Gasteiger charge is 2.13. The molecule has 1 heterocycles. The van der Waals surface area contributed by atoms with Crippen LogP contribution < -0.4 is 4.90 Å². The summed E-state index contributed by atoms with van der Waals surface area (Å²) in [6.45, 7) is 10.4. The van der Waals surface area contributed by atoms with Crippen molar-refractivity contribution in [1.29, 1.82) is 0 Å². The Morgan fingerprint density at radius 3 is 2.28 bits per heavy atom. The highest BCUT2D eigenvalue weighted by Crippen LogP contribution is 2.16. The van der Waals surface area contributed by atoms with Crippen LogP contribution in [-0.4, -0.2) is 29.1 Å². The van der Waals surface area contributed by atoms with Crippen molar-refractivity contribution in [2.75, 3.05) is 18.0 Å². The van der Waals surface area contributed by atoms with Crippen LogP contribution in [0.5, 0.6) is 0 Å². The van der Waals surface area contributed by atoms with Crippen molar-refractivity contribution in [2.24, 2.45) is 11.8 Å². The Morgan fingerprint density at radius 2 is 1.83 bits per heavy atom. The van der Waals surface area contributed by atoms with Gasteiger partial charge >= 0.3 is 5.97 Å². The van der Waals surface area contributed by atoms with Gasteiger partial charge in [-0.2, -0.15) is 0 Å². The van der Waals surface area contributed by atoms with Gasteiger partial charge in [0, 0.05) is 19.3 Å². The Kier molecular flexibility index (Phi) is 5.13. The first-order valence-electron chi connectivity index (χ1n) is 6.34. The average molecular weight is 250 g/mol. The molecule has 0 aliphatic carbocycles. The third-order valence-corrected chi connectivity index (χ3v) is 2.49. The number of hydrogen-bond donors (Lipinski definition) is 1. The number of anilines is 1. The lowest BCUT2D eigenvalue weighted by atomic mass is 10.1. The molecular formula is C14H22N2O2. The maximum absolute atomic E-state index is 11.0. The highest BCUT2D eigenvalue weighted by molar-refractivity contribution is 5.88. The lowest BCUT2D eigenvalue weighted by Crippen LogP contribution is -2.32. The van der Waals surface area contributed by atoms with Gasteiger partial charge in [0.1, 0.15) is 5.82 Å². The lowest BCUT2D eigenvalue weighted by molar-refractivity contribution is 0.0697. The van der Waals surface area contributed by atoms with Crippen LogP contribution in [0.25, 0.3) is 0 Å². The maximum Gasteiger partial charge on any atom is 0.335 e. The first kappa shape index (κ1) is 14.5. The van der Waals surface area contributed by atoms with Gasteiger partial charge in [-0.3, -0.25) is 0 Å². The summed E-state index contributed by atoms with van der Waals surface area (Å²) < 4.78 is 0. The maximum atomic E-state index is 11.0. The summed E-state index contributed by atoms with van der Waals surface area (Å²) in [6, 6.07) is 3.17. The normalized spacial score (nSPS) is 11.0. The predicted molar refractivity (Wildman–Crippen MR) is 73.1 cm³/mol. The molecule has 0 aliphatic rings. The zero-order valence-corrected chi connectivity index (χ0v) is 11.6. The second kappa shape index (κ2) is 6.38. The molecule has 1 rings (SSSR count). The summed E-state index contributed by atoms with van der Waals surface area (Å²) in [5.74, 6) is 0.864. The van der Waals surface area contributed by atoms with Crippen molar-refractivity contribution >= 4 is 11.8 Å². The van der Waals surface area contributed by atoms with Crippen LogP contribution in [0.2, 0.25) is 0 Å². The van der Waals surface area contributed by atoms with Crippen LogP contribution in [0.1, 0.15) is 38.1 Å². The van der Waals surface area contributed by atoms with Gasteiger partial charge in [0.25, 0.3) is 0 Å². The van der Waals surface area contributed by atoms with E-state index in [0.717, 1.165) is 18.9 Å². The molecule has 0 saturated carbocycles. The fraction of sp³-hybridized carbons (Fsp3) is 0.571. The van der Waals surface area contributed by atoms with Crippen LogP contribution in [-0.2, 0) is 0 Å². The van der Waals surface area contributed by atoms with Gasteiger partial charge < -0.3 is 10.0 Å². The van der Waals surface area contributed by atoms with E-state index in [1.54, 1.807) is 12.3 Å². The summed E-state index contributed by atoms with van der Waals surface area (Å²) in [7, 11) is 0. The van der Waals surface area contributed by atoms with Crippen LogP contribution in [0.4, 0.5) is 5.82 Å². The molecule has 4 nitrogen and oxygen atoms in total. The minimum absolute atomic E-state index is 0.289. The molecule has 0 unspecified atom stereocenters. The first-order valence-corrected chi connectivity index (χ1v) is 6.34. The standard InChI is InChI=1S/C14H22N2O2/c1-10(2)8-16(9-11(3)4)13-7-12(14(17)18)5-6-15-13/h5-7,10-11H,8-9H2,1-4H3,(H,17,18). The van der Waals surface area contributed by atoms with Gasteiger partial charge in [0.2, 0.25) is 0 Å². The Labute approximate surface area is 109 Å². The van der Waals surface area contributed by atoms with Crippen LogP contribution in [0.15, 0.2) is 18.3 Å². The Hall–Kier alpha value is -1.58. The molecule has 1 aromatic rings. The summed E-state index contributed by atoms with van der Waals surface area (Å²) in [4.78, 5) is 17.4. The zero-order valence-electron chi connectivity index (χ0n) is 11.6. The zero-order chi connectivity index (χ0) is 13.7. The summed E-state index contributed by atoms with van der Waals surface area (Å²) in [5, 5.41) is 9.01. The summed E-state index contributed by atoms with van der Waals surface area (Å²) in [5.41, 5.74) is 0.289. The van der Waals surface area contributed by atoms with E-state index in [2.05, 4.69) is 37.6 Å². The third kappa shape index (κ3) is 4.35. The number of nitrogens with zero attached hydrogens (tertiary/aromatic N) is 2. The van der Waals surface area contributed by atoms with E-state index in [9.17, 15) is 4.79 Å². The van der Waals surface area contributed by atoms with Gasteiger partial charge in [0.05, 0.1) is 5.56 Å². The molecular weight excluding hydrogens is 228 g/mol. The molecule has 0 saturated heterocycles. The van der Waals surface area contributed by atoms with E-state index in [1.165, 1.54) is 6.07 Å². The van der Waals surface area contributed by atoms with Crippen molar-refractivity contribution in [3.63, 3.8) is 0 Å². The Bertz CT molecular complexity index is 393. The molecule has 18 heavy (non-hydrogen) atoms. The number of rotatable bonds is 6. The monoisotopic (exact) mass is 250 g/mol. The number of aromatic carboxylic acids is 1. The van der Waals surface area contributed by atoms with Crippen LogP contribution in [0.3, 0.4) is 0 Å². The first-order chi connectivity index (χ1) is 8.40. The Balaban J connectivity index is 2.96. The van der Waals surface area contributed by atoms with Crippen LogP contribution >= 0.6 is 0 Å². The van der Waals surface area contributed by atoms with Gasteiger partial charge in [-0.15, -0.1) is 0 Å². The van der Waals surface area contributed by atoms with E-state index in [1.807, 2.05) is 0 Å². The lowest BCUT2D eigenvalue weighted by Gasteiger charge is -2.27. The fourth-order valence-electron chi connectivity index (χ4n) is 1.87. The van der Waals surface area contributed by atoms with E-state index < -0.39 is 5.97 Å². The SMILES string of the molecule is CC(C)CN(CC(C)C)c1cc(C(=O)O)ccn1. The molecule has 0 aliphatic heterocycles. The number of carboxylic acids is 1. The number of carbonyl (C=O) groups is 1. The second-order valence-electron chi connectivity index (χ2n) is 5.40. The molecule has 0 atom stereocenters.